The lowest BCUT2D eigenvalue weighted by atomic mass is 9.61. The molecule has 0 rings (SSSR count). The van der Waals surface area contributed by atoms with Crippen molar-refractivity contribution < 1.29 is 19.1 Å². The van der Waals surface area contributed by atoms with Gasteiger partial charge in [-0.25, -0.2) is 4.79 Å². The molecule has 1 atom stereocenters. The van der Waals surface area contributed by atoms with Crippen molar-refractivity contribution in [1.82, 2.24) is 0 Å². The number of ether oxygens (including phenoxy) is 2. The highest BCUT2D eigenvalue weighted by molar-refractivity contribution is 5.82. The van der Waals surface area contributed by atoms with Crippen molar-refractivity contribution in [2.45, 2.75) is 81.8 Å². The topological polar surface area (TPSA) is 52.6 Å². The van der Waals surface area contributed by atoms with Gasteiger partial charge in [-0.3, -0.25) is 4.79 Å². The average molecular weight is 328 g/mol. The first kappa shape index (κ1) is 21.9. The molecule has 4 nitrogen and oxygen atoms in total. The lowest BCUT2D eigenvalue weighted by molar-refractivity contribution is -0.181. The Balaban J connectivity index is 5.27. The summed E-state index contributed by atoms with van der Waals surface area (Å²) in [6, 6.07) is 0. The van der Waals surface area contributed by atoms with Gasteiger partial charge in [-0.15, -0.1) is 0 Å². The van der Waals surface area contributed by atoms with Crippen LogP contribution in [0.25, 0.3) is 0 Å². The molecule has 0 heterocycles. The second-order valence-corrected chi connectivity index (χ2v) is 9.07. The van der Waals surface area contributed by atoms with Gasteiger partial charge in [-0.2, -0.15) is 0 Å². The maximum atomic E-state index is 12.8. The van der Waals surface area contributed by atoms with E-state index in [-0.39, 0.29) is 29.3 Å². The Morgan fingerprint density at radius 2 is 1.43 bits per heavy atom. The molecule has 0 spiro atoms. The lowest BCUT2D eigenvalue weighted by Crippen LogP contribution is -2.46. The van der Waals surface area contributed by atoms with Gasteiger partial charge in [0.25, 0.3) is 0 Å². The Kier molecular flexibility index (Phi) is 7.32. The van der Waals surface area contributed by atoms with Crippen LogP contribution < -0.4 is 0 Å². The van der Waals surface area contributed by atoms with E-state index in [2.05, 4.69) is 34.6 Å². The third-order valence-electron chi connectivity index (χ3n) is 4.53. The van der Waals surface area contributed by atoms with Crippen LogP contribution >= 0.6 is 0 Å². The number of rotatable bonds is 7. The fraction of sp³-hybridized carbons (Fsp3) is 0.895. The largest absolute Gasteiger partial charge is 0.463 e. The zero-order valence-electron chi connectivity index (χ0n) is 16.7. The lowest BCUT2D eigenvalue weighted by Gasteiger charge is -2.43. The highest BCUT2D eigenvalue weighted by atomic mass is 16.6. The van der Waals surface area contributed by atoms with Crippen LogP contribution in [0.5, 0.6) is 0 Å². The van der Waals surface area contributed by atoms with Gasteiger partial charge >= 0.3 is 11.9 Å². The molecule has 0 aromatic carbocycles. The van der Waals surface area contributed by atoms with E-state index in [0.717, 1.165) is 6.42 Å². The summed E-state index contributed by atoms with van der Waals surface area (Å²) in [4.78, 5) is 24.8. The van der Waals surface area contributed by atoms with Gasteiger partial charge in [0.15, 0.2) is 0 Å². The molecule has 0 aromatic heterocycles. The van der Waals surface area contributed by atoms with Gasteiger partial charge in [-0.1, -0.05) is 48.5 Å². The highest BCUT2D eigenvalue weighted by Gasteiger charge is 2.47. The van der Waals surface area contributed by atoms with E-state index in [0.29, 0.717) is 0 Å². The van der Waals surface area contributed by atoms with Crippen LogP contribution in [0.2, 0.25) is 0 Å². The predicted molar refractivity (Wildman–Crippen MR) is 93.0 cm³/mol. The minimum Gasteiger partial charge on any atom is -0.463 e. The summed E-state index contributed by atoms with van der Waals surface area (Å²) in [5, 5.41) is 0. The molecule has 0 saturated heterocycles. The summed E-state index contributed by atoms with van der Waals surface area (Å²) in [7, 11) is 0. The van der Waals surface area contributed by atoms with E-state index in [1.807, 2.05) is 27.7 Å². The summed E-state index contributed by atoms with van der Waals surface area (Å²) < 4.78 is 10.6. The van der Waals surface area contributed by atoms with Crippen molar-refractivity contribution in [3.8, 4) is 0 Å². The molecule has 0 amide bonds. The molecule has 1 unspecified atom stereocenters. The molecule has 0 fully saturated rings. The smallest absolute Gasteiger partial charge is 0.347 e. The van der Waals surface area contributed by atoms with Crippen molar-refractivity contribution >= 4 is 11.9 Å². The predicted octanol–water partition coefficient (Wildman–Crippen LogP) is 4.61. The number of esters is 2. The maximum Gasteiger partial charge on any atom is 0.347 e. The molecule has 0 N–H and O–H groups in total. The van der Waals surface area contributed by atoms with Crippen molar-refractivity contribution in [2.24, 2.45) is 22.2 Å². The molecule has 0 saturated carbocycles. The van der Waals surface area contributed by atoms with E-state index in [1.165, 1.54) is 0 Å². The van der Waals surface area contributed by atoms with Gasteiger partial charge in [0.1, 0.15) is 0 Å². The van der Waals surface area contributed by atoms with E-state index < -0.39 is 17.5 Å². The van der Waals surface area contributed by atoms with Crippen LogP contribution in [0.1, 0.15) is 75.7 Å². The van der Waals surface area contributed by atoms with Crippen LogP contribution in [-0.4, -0.2) is 24.6 Å². The third kappa shape index (κ3) is 6.15. The van der Waals surface area contributed by atoms with E-state index in [1.54, 1.807) is 6.92 Å². The zero-order valence-corrected chi connectivity index (χ0v) is 16.7. The molecule has 0 aliphatic rings. The molecule has 136 valence electrons. The van der Waals surface area contributed by atoms with Gasteiger partial charge in [0, 0.05) is 5.92 Å². The van der Waals surface area contributed by atoms with E-state index in [9.17, 15) is 9.59 Å². The second kappa shape index (κ2) is 7.67. The van der Waals surface area contributed by atoms with Crippen molar-refractivity contribution in [3.05, 3.63) is 0 Å². The minimum atomic E-state index is -0.854. The first-order valence-corrected chi connectivity index (χ1v) is 8.53. The Hall–Kier alpha value is -1.06. The summed E-state index contributed by atoms with van der Waals surface area (Å²) >= 11 is 0. The van der Waals surface area contributed by atoms with Crippen LogP contribution in [0.15, 0.2) is 0 Å². The number of carbonyl (C=O) groups excluding carboxylic acids is 2. The Labute approximate surface area is 142 Å². The first-order chi connectivity index (χ1) is 10.2. The molecule has 23 heavy (non-hydrogen) atoms. The van der Waals surface area contributed by atoms with E-state index >= 15 is 0 Å². The monoisotopic (exact) mass is 328 g/mol. The second-order valence-electron chi connectivity index (χ2n) is 9.07. The van der Waals surface area contributed by atoms with Crippen LogP contribution in [0.4, 0.5) is 0 Å². The quantitative estimate of drug-likeness (QED) is 0.641. The summed E-state index contributed by atoms with van der Waals surface area (Å²) in [5.41, 5.74) is -0.877. The Bertz CT molecular complexity index is 414. The van der Waals surface area contributed by atoms with Crippen molar-refractivity contribution in [3.63, 3.8) is 0 Å². The molecule has 0 radical (unpaired) electrons. The summed E-state index contributed by atoms with van der Waals surface area (Å²) in [5.74, 6) is -0.946. The number of carbonyl (C=O) groups is 2. The first-order valence-electron chi connectivity index (χ1n) is 8.53. The SMILES string of the molecule is CCOC(=O)C(OC(=O)C(C)(C)C(C)(C)CC(C)(C)C)C(C)C. The molecular weight excluding hydrogens is 292 g/mol. The van der Waals surface area contributed by atoms with Gasteiger partial charge in [0.2, 0.25) is 6.10 Å². The Morgan fingerprint density at radius 1 is 0.957 bits per heavy atom. The van der Waals surface area contributed by atoms with E-state index in [4.69, 9.17) is 9.47 Å². The van der Waals surface area contributed by atoms with Crippen LogP contribution in [0.3, 0.4) is 0 Å². The molecule has 0 bridgehead atoms. The fourth-order valence-electron chi connectivity index (χ4n) is 2.77. The molecule has 4 heteroatoms. The zero-order chi connectivity index (χ0) is 18.6. The van der Waals surface area contributed by atoms with Crippen LogP contribution in [0, 0.1) is 22.2 Å². The number of hydrogen-bond donors (Lipinski definition) is 0. The standard InChI is InChI=1S/C19H36O4/c1-11-22-15(20)14(13(2)3)23-16(21)19(9,10)18(7,8)12-17(4,5)6/h13-14H,11-12H2,1-10H3. The summed E-state index contributed by atoms with van der Waals surface area (Å²) in [6.07, 6.45) is 0.0144. The molecular formula is C19H36O4. The molecule has 0 aromatic rings. The van der Waals surface area contributed by atoms with Gasteiger partial charge in [-0.05, 0) is 38.0 Å². The minimum absolute atomic E-state index is 0.0969. The van der Waals surface area contributed by atoms with Crippen molar-refractivity contribution in [2.75, 3.05) is 6.61 Å². The normalized spacial score (nSPS) is 14.6. The third-order valence-corrected chi connectivity index (χ3v) is 4.53. The average Bonchev–Trinajstić information content (AvgIpc) is 2.31. The fourth-order valence-corrected chi connectivity index (χ4v) is 2.77. The van der Waals surface area contributed by atoms with Crippen molar-refractivity contribution in [1.29, 1.82) is 0 Å². The Morgan fingerprint density at radius 3 is 1.78 bits per heavy atom. The van der Waals surface area contributed by atoms with Crippen LogP contribution in [-0.2, 0) is 19.1 Å². The van der Waals surface area contributed by atoms with Gasteiger partial charge < -0.3 is 9.47 Å². The molecule has 0 aliphatic heterocycles. The van der Waals surface area contributed by atoms with Gasteiger partial charge in [0.05, 0.1) is 12.0 Å². The molecule has 0 aliphatic carbocycles. The highest BCUT2D eigenvalue weighted by Crippen LogP contribution is 2.47. The number of hydrogen-bond acceptors (Lipinski definition) is 4. The maximum absolute atomic E-state index is 12.8. The summed E-state index contributed by atoms with van der Waals surface area (Å²) in [6.45, 7) is 20.1.